The van der Waals surface area contributed by atoms with Crippen LogP contribution < -0.4 is 4.74 Å². The molecule has 0 saturated carbocycles. The maximum Gasteiger partial charge on any atom is 0.145 e. The van der Waals surface area contributed by atoms with Crippen molar-refractivity contribution in [1.29, 1.82) is 0 Å². The lowest BCUT2D eigenvalue weighted by Gasteiger charge is -2.05. The van der Waals surface area contributed by atoms with Crippen LogP contribution in [0.2, 0.25) is 0 Å². The first-order chi connectivity index (χ1) is 7.35. The van der Waals surface area contributed by atoms with Gasteiger partial charge in [0.25, 0.3) is 0 Å². The Morgan fingerprint density at radius 2 is 2.33 bits per heavy atom. The first-order valence-electron chi connectivity index (χ1n) is 4.33. The number of rotatable bonds is 2. The van der Waals surface area contributed by atoms with Crippen molar-refractivity contribution in [3.05, 3.63) is 40.9 Å². The zero-order valence-corrected chi connectivity index (χ0v) is 8.08. The third-order valence-electron chi connectivity index (χ3n) is 2.03. The molecule has 0 saturated heterocycles. The molecule has 2 rings (SSSR count). The van der Waals surface area contributed by atoms with Crippen LogP contribution in [0, 0.1) is 0 Å². The van der Waals surface area contributed by atoms with E-state index in [4.69, 9.17) is 10.3 Å². The molecule has 0 radical (unpaired) electrons. The van der Waals surface area contributed by atoms with E-state index in [2.05, 4.69) is 15.0 Å². The summed E-state index contributed by atoms with van der Waals surface area (Å²) in [7, 11) is 1.56. The summed E-state index contributed by atoms with van der Waals surface area (Å²) in [6.07, 6.45) is 1.69. The SMILES string of the molecule is COc1cc(N=[N+]=[N-])cc2cccnc12. The van der Waals surface area contributed by atoms with Crippen molar-refractivity contribution in [3.63, 3.8) is 0 Å². The Morgan fingerprint density at radius 1 is 1.47 bits per heavy atom. The average molecular weight is 200 g/mol. The number of nitrogens with zero attached hydrogens (tertiary/aromatic N) is 4. The molecule has 0 bridgehead atoms. The van der Waals surface area contributed by atoms with Gasteiger partial charge in [0, 0.05) is 22.2 Å². The van der Waals surface area contributed by atoms with E-state index in [0.717, 1.165) is 10.9 Å². The second-order valence-corrected chi connectivity index (χ2v) is 2.91. The first-order valence-corrected chi connectivity index (χ1v) is 4.33. The molecular formula is C10H8N4O. The molecule has 1 aromatic heterocycles. The van der Waals surface area contributed by atoms with Crippen LogP contribution in [-0.4, -0.2) is 12.1 Å². The lowest BCUT2D eigenvalue weighted by Crippen LogP contribution is -1.86. The van der Waals surface area contributed by atoms with E-state index in [0.29, 0.717) is 11.4 Å². The number of hydrogen-bond donors (Lipinski definition) is 0. The van der Waals surface area contributed by atoms with Crippen molar-refractivity contribution in [1.82, 2.24) is 4.98 Å². The van der Waals surface area contributed by atoms with Gasteiger partial charge in [0.05, 0.1) is 7.11 Å². The van der Waals surface area contributed by atoms with Crippen LogP contribution in [0.4, 0.5) is 5.69 Å². The molecule has 2 aromatic rings. The Kier molecular flexibility index (Phi) is 2.39. The molecule has 0 aliphatic rings. The van der Waals surface area contributed by atoms with Gasteiger partial charge in [0.15, 0.2) is 0 Å². The summed E-state index contributed by atoms with van der Waals surface area (Å²) in [4.78, 5) is 6.93. The summed E-state index contributed by atoms with van der Waals surface area (Å²) in [5.41, 5.74) is 9.64. The van der Waals surface area contributed by atoms with Crippen LogP contribution >= 0.6 is 0 Å². The van der Waals surface area contributed by atoms with Gasteiger partial charge in [-0.15, -0.1) is 0 Å². The summed E-state index contributed by atoms with van der Waals surface area (Å²) in [6.45, 7) is 0. The minimum atomic E-state index is 0.523. The summed E-state index contributed by atoms with van der Waals surface area (Å²) in [5.74, 6) is 0.607. The smallest absolute Gasteiger partial charge is 0.145 e. The van der Waals surface area contributed by atoms with Crippen LogP contribution in [-0.2, 0) is 0 Å². The van der Waals surface area contributed by atoms with Gasteiger partial charge in [-0.1, -0.05) is 11.2 Å². The Balaban J connectivity index is 2.76. The van der Waals surface area contributed by atoms with Crippen molar-refractivity contribution < 1.29 is 4.74 Å². The van der Waals surface area contributed by atoms with E-state index in [1.807, 2.05) is 12.1 Å². The number of fused-ring (bicyclic) bond motifs is 1. The Hall–Kier alpha value is -2.26. The maximum absolute atomic E-state index is 8.36. The topological polar surface area (TPSA) is 70.9 Å². The van der Waals surface area contributed by atoms with Crippen LogP contribution in [0.5, 0.6) is 5.75 Å². The van der Waals surface area contributed by atoms with E-state index in [-0.39, 0.29) is 0 Å². The van der Waals surface area contributed by atoms with Crippen molar-refractivity contribution in [2.45, 2.75) is 0 Å². The predicted molar refractivity (Wildman–Crippen MR) is 57.1 cm³/mol. The summed E-state index contributed by atoms with van der Waals surface area (Å²) in [6, 6.07) is 7.14. The average Bonchev–Trinajstić information content (AvgIpc) is 2.28. The Morgan fingerprint density at radius 3 is 3.07 bits per heavy atom. The molecule has 0 unspecified atom stereocenters. The summed E-state index contributed by atoms with van der Waals surface area (Å²) in [5, 5.41) is 4.43. The fourth-order valence-corrected chi connectivity index (χ4v) is 1.41. The Labute approximate surface area is 85.9 Å². The van der Waals surface area contributed by atoms with Crippen molar-refractivity contribution in [2.24, 2.45) is 5.11 Å². The summed E-state index contributed by atoms with van der Waals surface area (Å²) < 4.78 is 5.17. The van der Waals surface area contributed by atoms with Crippen LogP contribution in [0.1, 0.15) is 0 Å². The molecule has 0 amide bonds. The molecule has 5 nitrogen and oxygen atoms in total. The highest BCUT2D eigenvalue weighted by Gasteiger charge is 2.03. The summed E-state index contributed by atoms with van der Waals surface area (Å²) >= 11 is 0. The quantitative estimate of drug-likeness (QED) is 0.424. The van der Waals surface area contributed by atoms with Crippen LogP contribution in [0.15, 0.2) is 35.6 Å². The molecule has 15 heavy (non-hydrogen) atoms. The molecule has 0 aliphatic heterocycles. The van der Waals surface area contributed by atoms with Crippen molar-refractivity contribution >= 4 is 16.6 Å². The van der Waals surface area contributed by atoms with Crippen molar-refractivity contribution in [2.75, 3.05) is 7.11 Å². The predicted octanol–water partition coefficient (Wildman–Crippen LogP) is 3.19. The largest absolute Gasteiger partial charge is 0.494 e. The third-order valence-corrected chi connectivity index (χ3v) is 2.03. The number of ether oxygens (including phenoxy) is 1. The van der Waals surface area contributed by atoms with E-state index in [9.17, 15) is 0 Å². The minimum Gasteiger partial charge on any atom is -0.494 e. The highest BCUT2D eigenvalue weighted by molar-refractivity contribution is 5.87. The van der Waals surface area contributed by atoms with Gasteiger partial charge in [-0.05, 0) is 23.7 Å². The van der Waals surface area contributed by atoms with Crippen molar-refractivity contribution in [3.8, 4) is 5.75 Å². The van der Waals surface area contributed by atoms with Gasteiger partial charge >= 0.3 is 0 Å². The molecule has 74 valence electrons. The van der Waals surface area contributed by atoms with E-state index in [1.54, 1.807) is 25.4 Å². The number of hydrogen-bond acceptors (Lipinski definition) is 3. The van der Waals surface area contributed by atoms with E-state index < -0.39 is 0 Å². The van der Waals surface area contributed by atoms with Gasteiger partial charge < -0.3 is 4.74 Å². The molecule has 0 fully saturated rings. The minimum absolute atomic E-state index is 0.523. The number of azide groups is 1. The zero-order chi connectivity index (χ0) is 10.7. The number of aromatic nitrogens is 1. The molecule has 0 spiro atoms. The highest BCUT2D eigenvalue weighted by Crippen LogP contribution is 2.29. The molecule has 0 N–H and O–H groups in total. The molecule has 1 aromatic carbocycles. The van der Waals surface area contributed by atoms with E-state index >= 15 is 0 Å². The van der Waals surface area contributed by atoms with Gasteiger partial charge in [-0.3, -0.25) is 4.98 Å². The van der Waals surface area contributed by atoms with Gasteiger partial charge in [0.1, 0.15) is 11.3 Å². The lowest BCUT2D eigenvalue weighted by molar-refractivity contribution is 0.419. The second kappa shape index (κ2) is 3.86. The second-order valence-electron chi connectivity index (χ2n) is 2.91. The number of pyridine rings is 1. The standard InChI is InChI=1S/C10H8N4O/c1-15-9-6-8(13-14-11)5-7-3-2-4-12-10(7)9/h2-6H,1H3. The molecule has 0 aliphatic carbocycles. The Bertz CT molecular complexity index is 546. The fourth-order valence-electron chi connectivity index (χ4n) is 1.41. The van der Waals surface area contributed by atoms with Gasteiger partial charge in [-0.2, -0.15) is 0 Å². The molecular weight excluding hydrogens is 192 g/mol. The zero-order valence-electron chi connectivity index (χ0n) is 8.08. The normalized spacial score (nSPS) is 9.67. The number of methoxy groups -OCH3 is 1. The molecule has 1 heterocycles. The third kappa shape index (κ3) is 1.68. The monoisotopic (exact) mass is 200 g/mol. The lowest BCUT2D eigenvalue weighted by atomic mass is 10.2. The first kappa shape index (κ1) is 9.30. The van der Waals surface area contributed by atoms with Crippen LogP contribution in [0.3, 0.4) is 0 Å². The van der Waals surface area contributed by atoms with Crippen LogP contribution in [0.25, 0.3) is 21.3 Å². The van der Waals surface area contributed by atoms with E-state index in [1.165, 1.54) is 0 Å². The molecule has 5 heteroatoms. The molecule has 0 atom stereocenters. The number of benzene rings is 1. The maximum atomic E-state index is 8.36. The highest BCUT2D eigenvalue weighted by atomic mass is 16.5. The van der Waals surface area contributed by atoms with Gasteiger partial charge in [-0.25, -0.2) is 0 Å². The van der Waals surface area contributed by atoms with Gasteiger partial charge in [0.2, 0.25) is 0 Å². The fraction of sp³-hybridized carbons (Fsp3) is 0.100.